The van der Waals surface area contributed by atoms with Crippen molar-refractivity contribution in [3.63, 3.8) is 0 Å². The molecule has 2 amide bonds. The molecule has 3 aliphatic rings. The Morgan fingerprint density at radius 1 is 0.958 bits per heavy atom. The summed E-state index contributed by atoms with van der Waals surface area (Å²) in [6.45, 7) is 2.35. The van der Waals surface area contributed by atoms with E-state index in [9.17, 15) is 9.59 Å². The molecule has 1 aromatic rings. The van der Waals surface area contributed by atoms with Crippen molar-refractivity contribution in [1.29, 1.82) is 0 Å². The third kappa shape index (κ3) is 3.21. The predicted molar refractivity (Wildman–Crippen MR) is 92.4 cm³/mol. The van der Waals surface area contributed by atoms with Crippen molar-refractivity contribution in [2.75, 3.05) is 19.6 Å². The van der Waals surface area contributed by atoms with Crippen molar-refractivity contribution in [3.8, 4) is 0 Å². The quantitative estimate of drug-likeness (QED) is 0.845. The number of likely N-dealkylation sites (tertiary alicyclic amines) is 2. The predicted octanol–water partition coefficient (Wildman–Crippen LogP) is 2.85. The van der Waals surface area contributed by atoms with Crippen LogP contribution in [0.25, 0.3) is 0 Å². The lowest BCUT2D eigenvalue weighted by atomic mass is 9.92. The van der Waals surface area contributed by atoms with Crippen LogP contribution < -0.4 is 0 Å². The Labute approximate surface area is 147 Å². The van der Waals surface area contributed by atoms with Crippen LogP contribution in [-0.2, 0) is 9.59 Å². The summed E-state index contributed by atoms with van der Waals surface area (Å²) < 4.78 is 0. The second-order valence-corrected chi connectivity index (χ2v) is 8.21. The average molecular weight is 347 g/mol. The Balaban J connectivity index is 1.38. The maximum atomic E-state index is 13.1. The number of carbonyl (C=O) groups excluding carboxylic acids is 2. The van der Waals surface area contributed by atoms with E-state index in [0.717, 1.165) is 63.2 Å². The zero-order valence-corrected chi connectivity index (χ0v) is 14.8. The number of hydrogen-bond donors (Lipinski definition) is 0. The zero-order chi connectivity index (χ0) is 16.5. The first kappa shape index (κ1) is 16.1. The zero-order valence-electron chi connectivity index (χ0n) is 14.0. The van der Waals surface area contributed by atoms with Crippen LogP contribution in [0.15, 0.2) is 11.6 Å². The minimum Gasteiger partial charge on any atom is -0.342 e. The van der Waals surface area contributed by atoms with Gasteiger partial charge in [-0.05, 0) is 44.9 Å². The highest BCUT2D eigenvalue weighted by molar-refractivity contribution is 7.09. The van der Waals surface area contributed by atoms with Gasteiger partial charge in [0.2, 0.25) is 11.8 Å². The maximum Gasteiger partial charge on any atom is 0.226 e. The number of nitrogens with zero attached hydrogens (tertiary/aromatic N) is 3. The molecule has 24 heavy (non-hydrogen) atoms. The molecule has 6 heteroatoms. The van der Waals surface area contributed by atoms with E-state index >= 15 is 0 Å². The smallest absolute Gasteiger partial charge is 0.226 e. The molecule has 0 aromatic carbocycles. The SMILES string of the molecule is O=C(C1CC1)N1CCC(C(=O)N2CCCC[C@@H]2c2nccs2)CC1. The Morgan fingerprint density at radius 2 is 1.71 bits per heavy atom. The van der Waals surface area contributed by atoms with Gasteiger partial charge in [-0.2, -0.15) is 0 Å². The largest absolute Gasteiger partial charge is 0.342 e. The van der Waals surface area contributed by atoms with Gasteiger partial charge < -0.3 is 9.80 Å². The molecule has 130 valence electrons. The summed E-state index contributed by atoms with van der Waals surface area (Å²) in [5.41, 5.74) is 0. The van der Waals surface area contributed by atoms with E-state index in [0.29, 0.717) is 5.91 Å². The van der Waals surface area contributed by atoms with E-state index in [2.05, 4.69) is 9.88 Å². The van der Waals surface area contributed by atoms with E-state index in [-0.39, 0.29) is 23.8 Å². The van der Waals surface area contributed by atoms with Gasteiger partial charge in [0.25, 0.3) is 0 Å². The number of hydrogen-bond acceptors (Lipinski definition) is 4. The van der Waals surface area contributed by atoms with Gasteiger partial charge in [0.15, 0.2) is 0 Å². The molecule has 1 atom stereocenters. The van der Waals surface area contributed by atoms with Crippen molar-refractivity contribution in [2.45, 2.75) is 51.0 Å². The highest BCUT2D eigenvalue weighted by atomic mass is 32.1. The van der Waals surface area contributed by atoms with Crippen molar-refractivity contribution in [3.05, 3.63) is 16.6 Å². The molecular formula is C18H25N3O2S. The van der Waals surface area contributed by atoms with Gasteiger partial charge in [0.05, 0.1) is 6.04 Å². The number of aromatic nitrogens is 1. The van der Waals surface area contributed by atoms with Gasteiger partial charge in [-0.1, -0.05) is 0 Å². The van der Waals surface area contributed by atoms with Crippen LogP contribution in [0.1, 0.15) is 56.0 Å². The topological polar surface area (TPSA) is 53.5 Å². The molecule has 2 aliphatic heterocycles. The first-order valence-corrected chi connectivity index (χ1v) is 10.1. The molecule has 5 nitrogen and oxygen atoms in total. The molecule has 0 radical (unpaired) electrons. The lowest BCUT2D eigenvalue weighted by Gasteiger charge is -2.39. The lowest BCUT2D eigenvalue weighted by molar-refractivity contribution is -0.144. The molecule has 0 unspecified atom stereocenters. The van der Waals surface area contributed by atoms with Crippen molar-refractivity contribution in [2.24, 2.45) is 11.8 Å². The highest BCUT2D eigenvalue weighted by Crippen LogP contribution is 2.36. The van der Waals surface area contributed by atoms with Crippen LogP contribution in [0.5, 0.6) is 0 Å². The maximum absolute atomic E-state index is 13.1. The summed E-state index contributed by atoms with van der Waals surface area (Å²) in [4.78, 5) is 33.8. The van der Waals surface area contributed by atoms with Crippen LogP contribution in [0.2, 0.25) is 0 Å². The summed E-state index contributed by atoms with van der Waals surface area (Å²) in [5, 5.41) is 3.07. The fraction of sp³-hybridized carbons (Fsp3) is 0.722. The fourth-order valence-corrected chi connectivity index (χ4v) is 4.81. The molecule has 0 spiro atoms. The third-order valence-corrected chi connectivity index (χ3v) is 6.48. The number of piperidine rings is 2. The molecule has 2 saturated heterocycles. The fourth-order valence-electron chi connectivity index (χ4n) is 4.02. The third-order valence-electron chi connectivity index (χ3n) is 5.60. The monoisotopic (exact) mass is 347 g/mol. The minimum atomic E-state index is 0.0776. The molecule has 0 bridgehead atoms. The first-order valence-electron chi connectivity index (χ1n) is 9.22. The molecule has 0 N–H and O–H groups in total. The molecule has 4 rings (SSSR count). The number of carbonyl (C=O) groups is 2. The molecular weight excluding hydrogens is 322 g/mol. The van der Waals surface area contributed by atoms with Crippen molar-refractivity contribution >= 4 is 23.2 Å². The Hall–Kier alpha value is -1.43. The molecule has 3 heterocycles. The number of thiazole rings is 1. The van der Waals surface area contributed by atoms with E-state index < -0.39 is 0 Å². The second kappa shape index (κ2) is 6.82. The average Bonchev–Trinajstić information content (AvgIpc) is 3.35. The standard InChI is InChI=1S/C18H25N3O2S/c22-17(13-4-5-13)20-10-6-14(7-11-20)18(23)21-9-2-1-3-15(21)16-19-8-12-24-16/h8,12-15H,1-7,9-11H2/t15-/m1/s1. The minimum absolute atomic E-state index is 0.0776. The van der Waals surface area contributed by atoms with Gasteiger partial charge in [-0.25, -0.2) is 4.98 Å². The van der Waals surface area contributed by atoms with Crippen molar-refractivity contribution in [1.82, 2.24) is 14.8 Å². The summed E-state index contributed by atoms with van der Waals surface area (Å²) >= 11 is 1.65. The lowest BCUT2D eigenvalue weighted by Crippen LogP contribution is -2.47. The van der Waals surface area contributed by atoms with Gasteiger partial charge in [0, 0.05) is 43.0 Å². The molecule has 3 fully saturated rings. The normalized spacial score (nSPS) is 25.8. The van der Waals surface area contributed by atoms with Crippen LogP contribution in [-0.4, -0.2) is 46.2 Å². The van der Waals surface area contributed by atoms with Crippen molar-refractivity contribution < 1.29 is 9.59 Å². The number of rotatable bonds is 3. The molecule has 1 aliphatic carbocycles. The second-order valence-electron chi connectivity index (χ2n) is 7.29. The summed E-state index contributed by atoms with van der Waals surface area (Å²) in [7, 11) is 0. The van der Waals surface area contributed by atoms with E-state index in [1.807, 2.05) is 16.5 Å². The van der Waals surface area contributed by atoms with Crippen LogP contribution in [0.4, 0.5) is 0 Å². The van der Waals surface area contributed by atoms with Gasteiger partial charge in [-0.3, -0.25) is 9.59 Å². The van der Waals surface area contributed by atoms with E-state index in [1.54, 1.807) is 11.3 Å². The van der Waals surface area contributed by atoms with Crippen LogP contribution >= 0.6 is 11.3 Å². The highest BCUT2D eigenvalue weighted by Gasteiger charge is 2.38. The Bertz CT molecular complexity index is 591. The molecule has 1 saturated carbocycles. The Kier molecular flexibility index (Phi) is 4.57. The Morgan fingerprint density at radius 3 is 2.38 bits per heavy atom. The first-order chi connectivity index (χ1) is 11.7. The summed E-state index contributed by atoms with van der Waals surface area (Å²) in [5.74, 6) is 0.968. The van der Waals surface area contributed by atoms with E-state index in [4.69, 9.17) is 0 Å². The summed E-state index contributed by atoms with van der Waals surface area (Å²) in [6, 6.07) is 0.164. The van der Waals surface area contributed by atoms with Gasteiger partial charge in [0.1, 0.15) is 5.01 Å². The van der Waals surface area contributed by atoms with Gasteiger partial charge >= 0.3 is 0 Å². The molecule has 1 aromatic heterocycles. The summed E-state index contributed by atoms with van der Waals surface area (Å²) in [6.07, 6.45) is 8.87. The van der Waals surface area contributed by atoms with Crippen LogP contribution in [0, 0.1) is 11.8 Å². The van der Waals surface area contributed by atoms with Crippen LogP contribution in [0.3, 0.4) is 0 Å². The van der Waals surface area contributed by atoms with E-state index in [1.165, 1.54) is 6.42 Å². The number of amides is 2. The van der Waals surface area contributed by atoms with Gasteiger partial charge in [-0.15, -0.1) is 11.3 Å².